The molecule has 1 amide bonds. The van der Waals surface area contributed by atoms with Crippen LogP contribution in [0.15, 0.2) is 0 Å². The van der Waals surface area contributed by atoms with Crippen LogP contribution in [0.1, 0.15) is 26.7 Å². The Balaban J connectivity index is 6.76. The SMILES string of the molecule is CC(C)(CS(=O)(=O)O)NC(=O)CCS(=O)(=O)CCC(F)(F)C(F)(F)C(F)(F)C(F)(F)C(F)(F)C(F)(F)C(F)(F)C(F)(F)C(F)(F)C(F)(F)C(F)(F)C(F)(F)F. The van der Waals surface area contributed by atoms with E-state index in [1.165, 1.54) is 0 Å². The van der Waals surface area contributed by atoms with E-state index in [4.69, 9.17) is 4.55 Å². The lowest BCUT2D eigenvalue weighted by Crippen LogP contribution is -2.78. The Bertz CT molecular complexity index is 1640. The average Bonchev–Trinajstić information content (AvgIpc) is 2.91. The Labute approximate surface area is 288 Å². The van der Waals surface area contributed by atoms with Crippen LogP contribution in [0.2, 0.25) is 0 Å². The summed E-state index contributed by atoms with van der Waals surface area (Å²) in [6.45, 7) is 1.71. The van der Waals surface area contributed by atoms with Gasteiger partial charge in [0, 0.05) is 12.8 Å². The van der Waals surface area contributed by atoms with Crippen molar-refractivity contribution in [2.24, 2.45) is 0 Å². The van der Waals surface area contributed by atoms with Crippen LogP contribution in [0.4, 0.5) is 110 Å². The number of hydrogen-bond acceptors (Lipinski definition) is 5. The lowest BCUT2D eigenvalue weighted by Gasteiger charge is -2.45. The first-order chi connectivity index (χ1) is 23.3. The van der Waals surface area contributed by atoms with Gasteiger partial charge in [-0.2, -0.15) is 118 Å². The number of alkyl halides is 25. The van der Waals surface area contributed by atoms with Crippen LogP contribution in [-0.4, -0.2) is 121 Å². The third-order valence-electron chi connectivity index (χ3n) is 6.75. The normalized spacial score (nSPS) is 16.4. The summed E-state index contributed by atoms with van der Waals surface area (Å²) in [6.07, 6.45) is -13.3. The standard InChI is InChI=1S/C21H18F25NO6S2/c1-9(2,7-55(51,52)53)47-8(48)3-5-54(49,50)6-4-10(22,23)11(24,25)12(26,27)13(28,29)14(30,31)15(32,33)16(34,35)17(36,37)18(38,39)19(40,41)20(42,43)21(44,45)46/h3-7H2,1-2H3,(H,47,48)(H,51,52,53). The lowest BCUT2D eigenvalue weighted by molar-refractivity contribution is -0.482. The van der Waals surface area contributed by atoms with E-state index in [-0.39, 0.29) is 0 Å². The second kappa shape index (κ2) is 14.1. The highest BCUT2D eigenvalue weighted by Crippen LogP contribution is 2.67. The molecule has 0 saturated carbocycles. The Morgan fingerprint density at radius 3 is 1.02 bits per heavy atom. The molecule has 7 nitrogen and oxygen atoms in total. The van der Waals surface area contributed by atoms with E-state index in [1.54, 1.807) is 5.32 Å². The first kappa shape index (κ1) is 52.6. The molecule has 0 aromatic rings. The fraction of sp³-hybridized carbons (Fsp3) is 0.952. The molecule has 0 saturated heterocycles. The van der Waals surface area contributed by atoms with Gasteiger partial charge < -0.3 is 5.32 Å². The molecule has 330 valence electrons. The van der Waals surface area contributed by atoms with E-state index >= 15 is 0 Å². The van der Waals surface area contributed by atoms with Crippen molar-refractivity contribution in [1.29, 1.82) is 0 Å². The minimum absolute atomic E-state index is 0.853. The van der Waals surface area contributed by atoms with Crippen molar-refractivity contribution in [2.45, 2.75) is 104 Å². The quantitative estimate of drug-likeness (QED) is 0.102. The summed E-state index contributed by atoms with van der Waals surface area (Å²) in [5.74, 6) is -108. The summed E-state index contributed by atoms with van der Waals surface area (Å²) in [4.78, 5) is 11.8. The molecule has 2 N–H and O–H groups in total. The molecule has 0 atom stereocenters. The molecule has 0 fully saturated rings. The number of nitrogens with one attached hydrogen (secondary N) is 1. The molecule has 0 aliphatic rings. The molecule has 0 aliphatic heterocycles. The number of amides is 1. The number of carbonyl (C=O) groups excluding carboxylic acids is 1. The van der Waals surface area contributed by atoms with Gasteiger partial charge in [0.2, 0.25) is 5.91 Å². The Morgan fingerprint density at radius 1 is 0.473 bits per heavy atom. The van der Waals surface area contributed by atoms with Gasteiger partial charge in [-0.25, -0.2) is 8.42 Å². The van der Waals surface area contributed by atoms with Crippen molar-refractivity contribution in [3.63, 3.8) is 0 Å². The van der Waals surface area contributed by atoms with E-state index < -0.39 is 133 Å². The van der Waals surface area contributed by atoms with Crippen molar-refractivity contribution >= 4 is 25.9 Å². The highest BCUT2D eigenvalue weighted by molar-refractivity contribution is 7.91. The van der Waals surface area contributed by atoms with E-state index in [0.717, 1.165) is 13.8 Å². The van der Waals surface area contributed by atoms with Gasteiger partial charge in [-0.3, -0.25) is 9.35 Å². The predicted octanol–water partition coefficient (Wildman–Crippen LogP) is 7.51. The molecule has 0 aromatic heterocycles. The molecule has 0 spiro atoms. The van der Waals surface area contributed by atoms with Crippen molar-refractivity contribution in [3.8, 4) is 0 Å². The summed E-state index contributed by atoms with van der Waals surface area (Å²) in [6, 6.07) is 0. The Hall–Kier alpha value is -2.42. The second-order valence-corrected chi connectivity index (χ2v) is 15.5. The number of sulfone groups is 1. The maximum Gasteiger partial charge on any atom is 0.460 e. The zero-order valence-electron chi connectivity index (χ0n) is 25.8. The third kappa shape index (κ3) is 8.72. The van der Waals surface area contributed by atoms with Crippen molar-refractivity contribution in [2.75, 3.05) is 17.3 Å². The highest BCUT2D eigenvalue weighted by Gasteiger charge is 2.99. The molecule has 0 aromatic carbocycles. The summed E-state index contributed by atoms with van der Waals surface area (Å²) < 4.78 is 393. The molecule has 0 heterocycles. The molecule has 0 unspecified atom stereocenters. The first-order valence-corrected chi connectivity index (χ1v) is 16.4. The number of rotatable bonds is 19. The van der Waals surface area contributed by atoms with Gasteiger partial charge in [-0.1, -0.05) is 0 Å². The maximum atomic E-state index is 14.1. The van der Waals surface area contributed by atoms with Gasteiger partial charge in [0.05, 0.1) is 22.8 Å². The molecule has 0 rings (SSSR count). The minimum Gasteiger partial charge on any atom is -0.350 e. The van der Waals surface area contributed by atoms with E-state index in [9.17, 15) is 131 Å². The number of carbonyl (C=O) groups is 1. The number of hydrogen-bond donors (Lipinski definition) is 2. The molecule has 0 radical (unpaired) electrons. The fourth-order valence-electron chi connectivity index (χ4n) is 3.71. The largest absolute Gasteiger partial charge is 0.460 e. The second-order valence-electron chi connectivity index (χ2n) is 11.8. The van der Waals surface area contributed by atoms with Crippen LogP contribution in [0.25, 0.3) is 0 Å². The minimum atomic E-state index is -9.74. The smallest absolute Gasteiger partial charge is 0.350 e. The molecule has 55 heavy (non-hydrogen) atoms. The Kier molecular flexibility index (Phi) is 13.5. The average molecular weight is 919 g/mol. The monoisotopic (exact) mass is 919 g/mol. The first-order valence-electron chi connectivity index (χ1n) is 13.0. The molecule has 0 bridgehead atoms. The lowest BCUT2D eigenvalue weighted by atomic mass is 9.84. The van der Waals surface area contributed by atoms with Crippen LogP contribution in [0.3, 0.4) is 0 Å². The van der Waals surface area contributed by atoms with Crippen molar-refractivity contribution in [1.82, 2.24) is 5.32 Å². The van der Waals surface area contributed by atoms with E-state index in [2.05, 4.69) is 0 Å². The van der Waals surface area contributed by atoms with Crippen LogP contribution >= 0.6 is 0 Å². The van der Waals surface area contributed by atoms with Crippen LogP contribution < -0.4 is 5.32 Å². The summed E-state index contributed by atoms with van der Waals surface area (Å²) in [7, 11) is -10.4. The van der Waals surface area contributed by atoms with Crippen molar-refractivity contribution in [3.05, 3.63) is 0 Å². The number of halogens is 25. The third-order valence-corrected chi connectivity index (χ3v) is 9.49. The zero-order valence-corrected chi connectivity index (χ0v) is 27.4. The van der Waals surface area contributed by atoms with Crippen LogP contribution in [0, 0.1) is 0 Å². The fourth-order valence-corrected chi connectivity index (χ4v) is 5.96. The maximum absolute atomic E-state index is 14.1. The summed E-state index contributed by atoms with van der Waals surface area (Å²) in [5, 5.41) is 1.71. The van der Waals surface area contributed by atoms with Gasteiger partial charge in [0.25, 0.3) is 10.1 Å². The van der Waals surface area contributed by atoms with Gasteiger partial charge in [0.15, 0.2) is 9.84 Å². The zero-order chi connectivity index (χ0) is 45.3. The topological polar surface area (TPSA) is 118 Å². The van der Waals surface area contributed by atoms with Gasteiger partial charge in [-0.15, -0.1) is 0 Å². The summed E-state index contributed by atoms with van der Waals surface area (Å²) >= 11 is 0. The van der Waals surface area contributed by atoms with Gasteiger partial charge >= 0.3 is 71.3 Å². The van der Waals surface area contributed by atoms with E-state index in [0.29, 0.717) is 0 Å². The van der Waals surface area contributed by atoms with Gasteiger partial charge in [-0.05, 0) is 13.8 Å². The predicted molar refractivity (Wildman–Crippen MR) is 127 cm³/mol. The van der Waals surface area contributed by atoms with Crippen LogP contribution in [-0.2, 0) is 24.7 Å². The van der Waals surface area contributed by atoms with Crippen LogP contribution in [0.5, 0.6) is 0 Å². The van der Waals surface area contributed by atoms with Gasteiger partial charge in [0.1, 0.15) is 0 Å². The Morgan fingerprint density at radius 2 is 0.745 bits per heavy atom. The highest BCUT2D eigenvalue weighted by atomic mass is 32.2. The van der Waals surface area contributed by atoms with E-state index in [1.807, 2.05) is 0 Å². The molecular weight excluding hydrogens is 901 g/mol. The molecule has 0 aliphatic carbocycles. The summed E-state index contributed by atoms with van der Waals surface area (Å²) in [5.41, 5.74) is -1.95. The molecule has 34 heteroatoms. The van der Waals surface area contributed by atoms with Crippen molar-refractivity contribution < 1.29 is 136 Å². The molecular formula is C21H18F25NO6S2.